The SMILES string of the molecule is COc1cccc(NC(=O)[C@@H](C)N2CCN(c3cccc(OC)c3)CC2)c1. The second kappa shape index (κ2) is 8.77. The molecule has 1 aliphatic rings. The Morgan fingerprint density at radius 2 is 1.59 bits per heavy atom. The number of methoxy groups -OCH3 is 2. The summed E-state index contributed by atoms with van der Waals surface area (Å²) in [5.41, 5.74) is 1.91. The normalized spacial score (nSPS) is 15.9. The van der Waals surface area contributed by atoms with Gasteiger partial charge in [-0.2, -0.15) is 0 Å². The van der Waals surface area contributed by atoms with Crippen LogP contribution in [-0.4, -0.2) is 57.2 Å². The lowest BCUT2D eigenvalue weighted by Crippen LogP contribution is -2.52. The van der Waals surface area contributed by atoms with Crippen LogP contribution in [0.2, 0.25) is 0 Å². The third kappa shape index (κ3) is 4.71. The van der Waals surface area contributed by atoms with Crippen molar-refractivity contribution in [1.82, 2.24) is 4.90 Å². The third-order valence-corrected chi connectivity index (χ3v) is 5.00. The number of nitrogens with zero attached hydrogens (tertiary/aromatic N) is 2. The Morgan fingerprint density at radius 1 is 0.963 bits per heavy atom. The van der Waals surface area contributed by atoms with Gasteiger partial charge in [0.05, 0.1) is 20.3 Å². The zero-order valence-corrected chi connectivity index (χ0v) is 16.1. The zero-order chi connectivity index (χ0) is 19.2. The van der Waals surface area contributed by atoms with Crippen LogP contribution in [0.1, 0.15) is 6.92 Å². The molecule has 27 heavy (non-hydrogen) atoms. The van der Waals surface area contributed by atoms with Gasteiger partial charge in [0.25, 0.3) is 0 Å². The molecule has 1 heterocycles. The molecule has 6 heteroatoms. The van der Waals surface area contributed by atoms with E-state index in [1.54, 1.807) is 14.2 Å². The molecule has 0 aliphatic carbocycles. The average molecular weight is 369 g/mol. The van der Waals surface area contributed by atoms with Crippen LogP contribution in [0.4, 0.5) is 11.4 Å². The van der Waals surface area contributed by atoms with E-state index in [9.17, 15) is 4.79 Å². The van der Waals surface area contributed by atoms with Crippen LogP contribution < -0.4 is 19.7 Å². The first-order chi connectivity index (χ1) is 13.1. The largest absolute Gasteiger partial charge is 0.497 e. The zero-order valence-electron chi connectivity index (χ0n) is 16.1. The number of nitrogens with one attached hydrogen (secondary N) is 1. The van der Waals surface area contributed by atoms with Gasteiger partial charge in [0.2, 0.25) is 5.91 Å². The Bertz CT molecular complexity index is 773. The van der Waals surface area contributed by atoms with Gasteiger partial charge in [-0.05, 0) is 31.2 Å². The van der Waals surface area contributed by atoms with Gasteiger partial charge < -0.3 is 19.7 Å². The summed E-state index contributed by atoms with van der Waals surface area (Å²) in [6.07, 6.45) is 0. The molecule has 1 saturated heterocycles. The second-order valence-corrected chi connectivity index (χ2v) is 6.62. The number of piperazine rings is 1. The summed E-state index contributed by atoms with van der Waals surface area (Å²) in [5.74, 6) is 1.59. The van der Waals surface area contributed by atoms with E-state index in [2.05, 4.69) is 27.2 Å². The van der Waals surface area contributed by atoms with Crippen molar-refractivity contribution in [3.05, 3.63) is 48.5 Å². The molecule has 2 aromatic carbocycles. The topological polar surface area (TPSA) is 54.0 Å². The number of hydrogen-bond acceptors (Lipinski definition) is 5. The van der Waals surface area contributed by atoms with Gasteiger partial charge in [0.15, 0.2) is 0 Å². The molecular formula is C21H27N3O3. The number of carbonyl (C=O) groups is 1. The van der Waals surface area contributed by atoms with E-state index in [0.29, 0.717) is 0 Å². The van der Waals surface area contributed by atoms with Crippen molar-refractivity contribution in [3.63, 3.8) is 0 Å². The first-order valence-electron chi connectivity index (χ1n) is 9.18. The Kier molecular flexibility index (Phi) is 6.19. The fourth-order valence-electron chi connectivity index (χ4n) is 3.29. The Balaban J connectivity index is 1.55. The summed E-state index contributed by atoms with van der Waals surface area (Å²) >= 11 is 0. The van der Waals surface area contributed by atoms with Gasteiger partial charge in [0.1, 0.15) is 11.5 Å². The molecule has 1 fully saturated rings. The van der Waals surface area contributed by atoms with Crippen molar-refractivity contribution in [2.75, 3.05) is 50.6 Å². The standard InChI is InChI=1S/C21H27N3O3/c1-16(21(25)22-17-6-4-8-19(14-17)26-2)23-10-12-24(13-11-23)18-7-5-9-20(15-18)27-3/h4-9,14-16H,10-13H2,1-3H3,(H,22,25)/t16-/m1/s1. The summed E-state index contributed by atoms with van der Waals surface area (Å²) in [6, 6.07) is 15.3. The van der Waals surface area contributed by atoms with Gasteiger partial charge in [-0.1, -0.05) is 12.1 Å². The molecule has 0 saturated carbocycles. The van der Waals surface area contributed by atoms with E-state index in [4.69, 9.17) is 9.47 Å². The number of benzene rings is 2. The lowest BCUT2D eigenvalue weighted by Gasteiger charge is -2.38. The van der Waals surface area contributed by atoms with Gasteiger partial charge in [0, 0.05) is 49.7 Å². The van der Waals surface area contributed by atoms with Crippen molar-refractivity contribution in [1.29, 1.82) is 0 Å². The molecule has 1 N–H and O–H groups in total. The van der Waals surface area contributed by atoms with E-state index in [0.717, 1.165) is 49.1 Å². The second-order valence-electron chi connectivity index (χ2n) is 6.62. The molecule has 3 rings (SSSR count). The fraction of sp³-hybridized carbons (Fsp3) is 0.381. The molecule has 2 aromatic rings. The van der Waals surface area contributed by atoms with Crippen LogP contribution in [0, 0.1) is 0 Å². The minimum atomic E-state index is -0.191. The number of carbonyl (C=O) groups excluding carboxylic acids is 1. The predicted octanol–water partition coefficient (Wildman–Crippen LogP) is 2.85. The monoisotopic (exact) mass is 369 g/mol. The molecule has 0 bridgehead atoms. The van der Waals surface area contributed by atoms with Crippen LogP contribution in [0.3, 0.4) is 0 Å². The number of ether oxygens (including phenoxy) is 2. The van der Waals surface area contributed by atoms with Gasteiger partial charge >= 0.3 is 0 Å². The minimum absolute atomic E-state index is 0.00177. The molecule has 0 aromatic heterocycles. The van der Waals surface area contributed by atoms with Crippen LogP contribution in [0.5, 0.6) is 11.5 Å². The molecule has 144 valence electrons. The molecule has 1 amide bonds. The maximum Gasteiger partial charge on any atom is 0.241 e. The maximum absolute atomic E-state index is 12.6. The highest BCUT2D eigenvalue weighted by molar-refractivity contribution is 5.94. The summed E-state index contributed by atoms with van der Waals surface area (Å²) < 4.78 is 10.5. The van der Waals surface area contributed by atoms with Crippen molar-refractivity contribution >= 4 is 17.3 Å². The Morgan fingerprint density at radius 3 is 2.26 bits per heavy atom. The number of amides is 1. The summed E-state index contributed by atoms with van der Waals surface area (Å²) in [6.45, 7) is 5.39. The Labute approximate surface area is 160 Å². The van der Waals surface area contributed by atoms with E-state index >= 15 is 0 Å². The molecule has 1 aliphatic heterocycles. The number of hydrogen-bond donors (Lipinski definition) is 1. The van der Waals surface area contributed by atoms with Crippen LogP contribution in [-0.2, 0) is 4.79 Å². The summed E-state index contributed by atoms with van der Waals surface area (Å²) in [5, 5.41) is 2.98. The fourth-order valence-corrected chi connectivity index (χ4v) is 3.29. The molecule has 1 atom stereocenters. The highest BCUT2D eigenvalue weighted by Crippen LogP contribution is 2.23. The maximum atomic E-state index is 12.6. The van der Waals surface area contributed by atoms with E-state index < -0.39 is 0 Å². The average Bonchev–Trinajstić information content (AvgIpc) is 2.73. The highest BCUT2D eigenvalue weighted by Gasteiger charge is 2.26. The summed E-state index contributed by atoms with van der Waals surface area (Å²) in [7, 11) is 3.30. The lowest BCUT2D eigenvalue weighted by atomic mass is 10.2. The first-order valence-corrected chi connectivity index (χ1v) is 9.18. The first kappa shape index (κ1) is 19.0. The molecule has 0 spiro atoms. The lowest BCUT2D eigenvalue weighted by molar-refractivity contribution is -0.120. The third-order valence-electron chi connectivity index (χ3n) is 5.00. The Hall–Kier alpha value is -2.73. The number of anilines is 2. The van der Waals surface area contributed by atoms with Crippen molar-refractivity contribution < 1.29 is 14.3 Å². The van der Waals surface area contributed by atoms with E-state index in [1.165, 1.54) is 0 Å². The highest BCUT2D eigenvalue weighted by atomic mass is 16.5. The van der Waals surface area contributed by atoms with Crippen molar-refractivity contribution in [2.24, 2.45) is 0 Å². The molecular weight excluding hydrogens is 342 g/mol. The van der Waals surface area contributed by atoms with Gasteiger partial charge in [-0.25, -0.2) is 0 Å². The van der Waals surface area contributed by atoms with E-state index in [-0.39, 0.29) is 11.9 Å². The van der Waals surface area contributed by atoms with Crippen molar-refractivity contribution in [2.45, 2.75) is 13.0 Å². The van der Waals surface area contributed by atoms with Crippen LogP contribution >= 0.6 is 0 Å². The number of rotatable bonds is 6. The molecule has 0 unspecified atom stereocenters. The van der Waals surface area contributed by atoms with Gasteiger partial charge in [-0.3, -0.25) is 9.69 Å². The quantitative estimate of drug-likeness (QED) is 0.849. The van der Waals surface area contributed by atoms with Crippen LogP contribution in [0.15, 0.2) is 48.5 Å². The van der Waals surface area contributed by atoms with Crippen molar-refractivity contribution in [3.8, 4) is 11.5 Å². The predicted molar refractivity (Wildman–Crippen MR) is 108 cm³/mol. The van der Waals surface area contributed by atoms with Crippen LogP contribution in [0.25, 0.3) is 0 Å². The molecule has 0 radical (unpaired) electrons. The molecule has 6 nitrogen and oxygen atoms in total. The van der Waals surface area contributed by atoms with E-state index in [1.807, 2.05) is 43.3 Å². The minimum Gasteiger partial charge on any atom is -0.497 e. The smallest absolute Gasteiger partial charge is 0.241 e. The van der Waals surface area contributed by atoms with Gasteiger partial charge in [-0.15, -0.1) is 0 Å². The summed E-state index contributed by atoms with van der Waals surface area (Å²) in [4.78, 5) is 17.2.